The van der Waals surface area contributed by atoms with Crippen LogP contribution >= 0.6 is 0 Å². The fourth-order valence-corrected chi connectivity index (χ4v) is 8.36. The molecule has 4 aliphatic rings. The van der Waals surface area contributed by atoms with Gasteiger partial charge in [0.25, 0.3) is 0 Å². The Hall–Kier alpha value is -5.54. The first-order chi connectivity index (χ1) is 23.5. The van der Waals surface area contributed by atoms with Gasteiger partial charge in [-0.05, 0) is 71.2 Å². The zero-order valence-corrected chi connectivity index (χ0v) is 27.2. The van der Waals surface area contributed by atoms with Crippen LogP contribution in [0.1, 0.15) is 49.3 Å². The first-order valence-electron chi connectivity index (χ1n) is 17.1. The van der Waals surface area contributed by atoms with E-state index >= 15 is 0 Å². The van der Waals surface area contributed by atoms with Crippen LogP contribution in [0.5, 0.6) is 0 Å². The second-order valence-corrected chi connectivity index (χ2v) is 14.2. The Labute approximate surface area is 281 Å². The number of benzene rings is 4. The lowest BCUT2D eigenvalue weighted by atomic mass is 9.79. The third-order valence-electron chi connectivity index (χ3n) is 10.9. The highest BCUT2D eigenvalue weighted by molar-refractivity contribution is 6.09. The molecule has 3 heteroatoms. The normalized spacial score (nSPS) is 20.3. The first-order valence-corrected chi connectivity index (χ1v) is 17.1. The Bertz CT molecular complexity index is 2430. The molecule has 10 rings (SSSR count). The van der Waals surface area contributed by atoms with E-state index in [9.17, 15) is 0 Å². The van der Waals surface area contributed by atoms with Gasteiger partial charge in [-0.15, -0.1) is 0 Å². The minimum atomic E-state index is -0.239. The Morgan fingerprint density at radius 2 is 1.38 bits per heavy atom. The van der Waals surface area contributed by atoms with Gasteiger partial charge < -0.3 is 4.57 Å². The maximum atomic E-state index is 5.39. The van der Waals surface area contributed by atoms with Crippen LogP contribution < -0.4 is 0 Å². The third kappa shape index (κ3) is 4.13. The van der Waals surface area contributed by atoms with Gasteiger partial charge in [-0.3, -0.25) is 0 Å². The number of allylic oxidation sites excluding steroid dienone is 10. The van der Waals surface area contributed by atoms with E-state index in [0.29, 0.717) is 11.8 Å². The highest BCUT2D eigenvalue weighted by atomic mass is 15.0. The van der Waals surface area contributed by atoms with E-state index in [4.69, 9.17) is 9.97 Å². The summed E-state index contributed by atoms with van der Waals surface area (Å²) in [5, 5.41) is 2.56. The summed E-state index contributed by atoms with van der Waals surface area (Å²) >= 11 is 0. The number of rotatable bonds is 4. The Balaban J connectivity index is 1.08. The molecule has 1 saturated carbocycles. The summed E-state index contributed by atoms with van der Waals surface area (Å²) in [4.78, 5) is 10.7. The van der Waals surface area contributed by atoms with Crippen LogP contribution in [0.4, 0.5) is 0 Å². The van der Waals surface area contributed by atoms with Gasteiger partial charge in [-0.2, -0.15) is 0 Å². The van der Waals surface area contributed by atoms with Crippen molar-refractivity contribution in [3.05, 3.63) is 168 Å². The van der Waals surface area contributed by atoms with Crippen molar-refractivity contribution in [1.82, 2.24) is 14.5 Å². The topological polar surface area (TPSA) is 30.7 Å². The first kappa shape index (κ1) is 27.6. The number of fused-ring (bicyclic) bond motifs is 6. The second kappa shape index (κ2) is 10.2. The van der Waals surface area contributed by atoms with E-state index in [0.717, 1.165) is 34.8 Å². The molecule has 0 amide bonds. The van der Waals surface area contributed by atoms with Gasteiger partial charge in [0.15, 0.2) is 5.82 Å². The Kier molecular flexibility index (Phi) is 5.87. The van der Waals surface area contributed by atoms with Crippen LogP contribution in [-0.4, -0.2) is 14.5 Å². The summed E-state index contributed by atoms with van der Waals surface area (Å²) in [6.45, 7) is 4.69. The van der Waals surface area contributed by atoms with E-state index in [1.54, 1.807) is 0 Å². The molecule has 0 radical (unpaired) electrons. The van der Waals surface area contributed by atoms with Crippen LogP contribution in [0.25, 0.3) is 55.5 Å². The van der Waals surface area contributed by atoms with Crippen LogP contribution in [0, 0.1) is 11.8 Å². The van der Waals surface area contributed by atoms with Crippen molar-refractivity contribution < 1.29 is 0 Å². The van der Waals surface area contributed by atoms with Gasteiger partial charge in [-0.25, -0.2) is 9.97 Å². The molecule has 0 aliphatic heterocycles. The van der Waals surface area contributed by atoms with Crippen molar-refractivity contribution >= 4 is 38.5 Å². The maximum absolute atomic E-state index is 5.39. The SMILES string of the molecule is CC1(C)C2=C(CC=C(c3cccc(-n4c5ccccc5c5ccccc54)c3)C=C2)c2nc(C3=CC4CC4C=C3)nc(-c3ccccc3)c21. The molecule has 1 fully saturated rings. The Morgan fingerprint density at radius 3 is 2.15 bits per heavy atom. The molecule has 230 valence electrons. The van der Waals surface area contributed by atoms with Crippen molar-refractivity contribution in [1.29, 1.82) is 0 Å². The van der Waals surface area contributed by atoms with Crippen LogP contribution in [0.3, 0.4) is 0 Å². The van der Waals surface area contributed by atoms with E-state index in [-0.39, 0.29) is 5.41 Å². The predicted molar refractivity (Wildman–Crippen MR) is 199 cm³/mol. The summed E-state index contributed by atoms with van der Waals surface area (Å²) in [6, 6.07) is 37.1. The lowest BCUT2D eigenvalue weighted by molar-refractivity contribution is 0.649. The molecule has 0 spiro atoms. The summed E-state index contributed by atoms with van der Waals surface area (Å²) in [6.07, 6.45) is 16.1. The minimum absolute atomic E-state index is 0.239. The minimum Gasteiger partial charge on any atom is -0.309 e. The molecule has 2 aromatic heterocycles. The largest absolute Gasteiger partial charge is 0.309 e. The quantitative estimate of drug-likeness (QED) is 0.197. The predicted octanol–water partition coefficient (Wildman–Crippen LogP) is 10.9. The summed E-state index contributed by atoms with van der Waals surface area (Å²) in [5.41, 5.74) is 14.2. The monoisotopic (exact) mass is 617 g/mol. The van der Waals surface area contributed by atoms with Crippen molar-refractivity contribution in [2.45, 2.75) is 32.1 Å². The number of nitrogens with zero attached hydrogens (tertiary/aromatic N) is 3. The standard InChI is InChI=1S/C45H35N3/c1-45(2)38-24-22-28(30-13-10-14-34(27-30)48-39-17-8-6-15-35(39)36-16-7-9-18-40(36)48)21-23-37(38)43-41(45)42(29-11-4-3-5-12-29)46-44(47-43)32-20-19-31-25-33(31)26-32/h3-22,24,26-27,31,33H,23,25H2,1-2H3. The van der Waals surface area contributed by atoms with Gasteiger partial charge in [0.2, 0.25) is 0 Å². The highest BCUT2D eigenvalue weighted by Crippen LogP contribution is 2.52. The molecular formula is C45H35N3. The smallest absolute Gasteiger partial charge is 0.160 e. The van der Waals surface area contributed by atoms with E-state index in [2.05, 4.69) is 158 Å². The lowest BCUT2D eigenvalue weighted by Crippen LogP contribution is -2.19. The molecule has 4 aromatic carbocycles. The van der Waals surface area contributed by atoms with Crippen LogP contribution in [0.15, 0.2) is 145 Å². The van der Waals surface area contributed by atoms with E-state index < -0.39 is 0 Å². The maximum Gasteiger partial charge on any atom is 0.160 e. The molecule has 0 saturated heterocycles. The zero-order chi connectivity index (χ0) is 32.0. The van der Waals surface area contributed by atoms with Crippen molar-refractivity contribution in [3.63, 3.8) is 0 Å². The van der Waals surface area contributed by atoms with E-state index in [1.165, 1.54) is 61.8 Å². The number of hydrogen-bond acceptors (Lipinski definition) is 2. The summed E-state index contributed by atoms with van der Waals surface area (Å²) in [7, 11) is 0. The van der Waals surface area contributed by atoms with Gasteiger partial charge in [0, 0.05) is 38.6 Å². The summed E-state index contributed by atoms with van der Waals surface area (Å²) < 4.78 is 2.40. The zero-order valence-electron chi connectivity index (χ0n) is 27.2. The van der Waals surface area contributed by atoms with Gasteiger partial charge in [0.05, 0.1) is 22.4 Å². The number of hydrogen-bond donors (Lipinski definition) is 0. The molecule has 3 nitrogen and oxygen atoms in total. The van der Waals surface area contributed by atoms with Gasteiger partial charge in [-0.1, -0.05) is 129 Å². The molecule has 48 heavy (non-hydrogen) atoms. The average Bonchev–Trinajstić information content (AvgIpc) is 3.84. The van der Waals surface area contributed by atoms with Gasteiger partial charge >= 0.3 is 0 Å². The second-order valence-electron chi connectivity index (χ2n) is 14.2. The molecule has 2 heterocycles. The molecule has 0 N–H and O–H groups in total. The van der Waals surface area contributed by atoms with Crippen LogP contribution in [-0.2, 0) is 5.41 Å². The van der Waals surface area contributed by atoms with Crippen molar-refractivity contribution in [2.75, 3.05) is 0 Å². The molecule has 6 aromatic rings. The molecular weight excluding hydrogens is 583 g/mol. The van der Waals surface area contributed by atoms with Crippen LogP contribution in [0.2, 0.25) is 0 Å². The molecule has 2 atom stereocenters. The summed E-state index contributed by atoms with van der Waals surface area (Å²) in [5.74, 6) is 2.18. The number of aromatic nitrogens is 3. The number of para-hydroxylation sites is 2. The van der Waals surface area contributed by atoms with Gasteiger partial charge in [0.1, 0.15) is 0 Å². The van der Waals surface area contributed by atoms with Crippen molar-refractivity contribution in [2.24, 2.45) is 11.8 Å². The fourth-order valence-electron chi connectivity index (χ4n) is 8.36. The Morgan fingerprint density at radius 1 is 0.667 bits per heavy atom. The lowest BCUT2D eigenvalue weighted by Gasteiger charge is -2.25. The third-order valence-corrected chi connectivity index (χ3v) is 10.9. The molecule has 2 unspecified atom stereocenters. The van der Waals surface area contributed by atoms with E-state index in [1.807, 2.05) is 0 Å². The molecule has 4 aliphatic carbocycles. The van der Waals surface area contributed by atoms with Crippen molar-refractivity contribution in [3.8, 4) is 16.9 Å². The molecule has 0 bridgehead atoms. The highest BCUT2D eigenvalue weighted by Gasteiger charge is 2.42. The average molecular weight is 618 g/mol. The fraction of sp³-hybridized carbons (Fsp3) is 0.156.